The lowest BCUT2D eigenvalue weighted by Gasteiger charge is -2.14. The van der Waals surface area contributed by atoms with Gasteiger partial charge in [0.25, 0.3) is 0 Å². The Hall–Kier alpha value is -1.20. The molecule has 1 atom stereocenters. The molecule has 0 saturated carbocycles. The number of halogens is 2. The maximum Gasteiger partial charge on any atom is 0.168 e. The van der Waals surface area contributed by atoms with Crippen molar-refractivity contribution in [3.8, 4) is 5.75 Å². The van der Waals surface area contributed by atoms with E-state index in [0.717, 1.165) is 12.1 Å². The summed E-state index contributed by atoms with van der Waals surface area (Å²) in [6, 6.07) is 1.24. The summed E-state index contributed by atoms with van der Waals surface area (Å²) in [5.74, 6) is -1.52. The van der Waals surface area contributed by atoms with Crippen molar-refractivity contribution < 1.29 is 13.5 Å². The zero-order valence-electron chi connectivity index (χ0n) is 7.76. The minimum Gasteiger partial charge on any atom is -0.493 e. The molecule has 0 amide bonds. The van der Waals surface area contributed by atoms with Crippen LogP contribution in [0.5, 0.6) is 5.75 Å². The zero-order valence-corrected chi connectivity index (χ0v) is 7.76. The lowest BCUT2D eigenvalue weighted by atomic mass is 10.1. The second-order valence-corrected chi connectivity index (χ2v) is 2.85. The summed E-state index contributed by atoms with van der Waals surface area (Å²) in [4.78, 5) is 0. The van der Waals surface area contributed by atoms with Crippen molar-refractivity contribution in [2.45, 2.75) is 6.04 Å². The minimum absolute atomic E-state index is 0.0515. The molecule has 0 heterocycles. The van der Waals surface area contributed by atoms with E-state index in [1.807, 2.05) is 0 Å². The van der Waals surface area contributed by atoms with Gasteiger partial charge in [-0.25, -0.2) is 8.78 Å². The average molecular weight is 202 g/mol. The summed E-state index contributed by atoms with van der Waals surface area (Å²) in [5.41, 5.74) is 11.1. The molecular weight excluding hydrogens is 190 g/mol. The van der Waals surface area contributed by atoms with E-state index in [1.54, 1.807) is 0 Å². The monoisotopic (exact) mass is 202 g/mol. The number of hydrogen-bond acceptors (Lipinski definition) is 3. The Morgan fingerprint density at radius 2 is 2.07 bits per heavy atom. The largest absolute Gasteiger partial charge is 0.493 e. The van der Waals surface area contributed by atoms with Gasteiger partial charge in [-0.15, -0.1) is 0 Å². The first-order valence-electron chi connectivity index (χ1n) is 4.08. The Balaban J connectivity index is 3.24. The second kappa shape index (κ2) is 4.34. The topological polar surface area (TPSA) is 61.3 Å². The molecule has 0 spiro atoms. The minimum atomic E-state index is -0.772. The van der Waals surface area contributed by atoms with Gasteiger partial charge in [0, 0.05) is 24.2 Å². The van der Waals surface area contributed by atoms with Crippen molar-refractivity contribution >= 4 is 0 Å². The van der Waals surface area contributed by atoms with Crippen LogP contribution in [0.2, 0.25) is 0 Å². The number of nitrogens with two attached hydrogens (primary N) is 2. The number of methoxy groups -OCH3 is 1. The molecule has 0 aliphatic rings. The fourth-order valence-electron chi connectivity index (χ4n) is 1.20. The van der Waals surface area contributed by atoms with Crippen LogP contribution in [0.1, 0.15) is 11.6 Å². The first-order chi connectivity index (χ1) is 6.60. The van der Waals surface area contributed by atoms with Crippen LogP contribution in [0.4, 0.5) is 8.78 Å². The predicted molar refractivity (Wildman–Crippen MR) is 48.9 cm³/mol. The van der Waals surface area contributed by atoms with Gasteiger partial charge >= 0.3 is 0 Å². The normalized spacial score (nSPS) is 12.6. The summed E-state index contributed by atoms with van der Waals surface area (Å²) in [5, 5.41) is 0. The van der Waals surface area contributed by atoms with E-state index < -0.39 is 17.7 Å². The number of hydrogen-bond donors (Lipinski definition) is 2. The summed E-state index contributed by atoms with van der Waals surface area (Å²) in [6.07, 6.45) is 0. The Morgan fingerprint density at radius 3 is 2.57 bits per heavy atom. The Kier molecular flexibility index (Phi) is 3.38. The van der Waals surface area contributed by atoms with E-state index >= 15 is 0 Å². The van der Waals surface area contributed by atoms with E-state index in [4.69, 9.17) is 16.2 Å². The molecule has 3 nitrogen and oxygen atoms in total. The van der Waals surface area contributed by atoms with Crippen LogP contribution in [-0.4, -0.2) is 13.7 Å². The standard InChI is InChI=1S/C9H12F2N2O/c1-14-9-6(8(13)4-12)2-5(10)3-7(9)11/h2-3,8H,4,12-13H2,1H3/t8-/m1/s1. The van der Waals surface area contributed by atoms with Gasteiger partial charge in [0.2, 0.25) is 0 Å². The molecule has 0 aromatic heterocycles. The molecule has 14 heavy (non-hydrogen) atoms. The van der Waals surface area contributed by atoms with Gasteiger partial charge in [-0.05, 0) is 6.07 Å². The summed E-state index contributed by atoms with van der Waals surface area (Å²) >= 11 is 0. The van der Waals surface area contributed by atoms with E-state index in [0.29, 0.717) is 0 Å². The Morgan fingerprint density at radius 1 is 1.43 bits per heavy atom. The van der Waals surface area contributed by atoms with Crippen molar-refractivity contribution in [3.05, 3.63) is 29.3 Å². The van der Waals surface area contributed by atoms with Gasteiger partial charge in [0.15, 0.2) is 11.6 Å². The van der Waals surface area contributed by atoms with Crippen LogP contribution in [0, 0.1) is 11.6 Å². The lowest BCUT2D eigenvalue weighted by molar-refractivity contribution is 0.375. The van der Waals surface area contributed by atoms with Crippen molar-refractivity contribution in [3.63, 3.8) is 0 Å². The molecule has 0 aliphatic heterocycles. The van der Waals surface area contributed by atoms with Crippen LogP contribution in [0.15, 0.2) is 12.1 Å². The van der Waals surface area contributed by atoms with Gasteiger partial charge in [-0.3, -0.25) is 0 Å². The highest BCUT2D eigenvalue weighted by atomic mass is 19.1. The highest BCUT2D eigenvalue weighted by molar-refractivity contribution is 5.38. The predicted octanol–water partition coefficient (Wildman–Crippen LogP) is 0.932. The SMILES string of the molecule is COc1c(F)cc(F)cc1[C@H](N)CN. The fourth-order valence-corrected chi connectivity index (χ4v) is 1.20. The molecule has 0 saturated heterocycles. The third-order valence-corrected chi connectivity index (χ3v) is 1.89. The van der Waals surface area contributed by atoms with Gasteiger partial charge in [-0.1, -0.05) is 0 Å². The van der Waals surface area contributed by atoms with E-state index in [2.05, 4.69) is 0 Å². The summed E-state index contributed by atoms with van der Waals surface area (Å²) < 4.78 is 30.8. The highest BCUT2D eigenvalue weighted by Crippen LogP contribution is 2.27. The molecule has 0 fully saturated rings. The summed E-state index contributed by atoms with van der Waals surface area (Å²) in [6.45, 7) is 0.0965. The van der Waals surface area contributed by atoms with E-state index in [9.17, 15) is 8.78 Å². The van der Waals surface area contributed by atoms with Crippen LogP contribution >= 0.6 is 0 Å². The van der Waals surface area contributed by atoms with Crippen molar-refractivity contribution in [2.24, 2.45) is 11.5 Å². The first kappa shape index (κ1) is 10.9. The molecule has 5 heteroatoms. The quantitative estimate of drug-likeness (QED) is 0.766. The lowest BCUT2D eigenvalue weighted by Crippen LogP contribution is -2.21. The molecule has 1 aromatic carbocycles. The smallest absolute Gasteiger partial charge is 0.168 e. The molecule has 0 aliphatic carbocycles. The molecule has 78 valence electrons. The third-order valence-electron chi connectivity index (χ3n) is 1.89. The molecule has 0 unspecified atom stereocenters. The highest BCUT2D eigenvalue weighted by Gasteiger charge is 2.16. The van der Waals surface area contributed by atoms with Gasteiger partial charge in [0.05, 0.1) is 7.11 Å². The average Bonchev–Trinajstić information content (AvgIpc) is 2.15. The number of ether oxygens (including phenoxy) is 1. The maximum atomic E-state index is 13.1. The number of rotatable bonds is 3. The second-order valence-electron chi connectivity index (χ2n) is 2.85. The van der Waals surface area contributed by atoms with Crippen molar-refractivity contribution in [1.82, 2.24) is 0 Å². The van der Waals surface area contributed by atoms with Gasteiger partial charge in [0.1, 0.15) is 5.82 Å². The van der Waals surface area contributed by atoms with Crippen LogP contribution < -0.4 is 16.2 Å². The Labute approximate surface area is 80.7 Å². The third kappa shape index (κ3) is 2.00. The van der Waals surface area contributed by atoms with Gasteiger partial charge < -0.3 is 16.2 Å². The molecule has 0 radical (unpaired) electrons. The molecular formula is C9H12F2N2O. The van der Waals surface area contributed by atoms with Crippen molar-refractivity contribution in [2.75, 3.05) is 13.7 Å². The molecule has 0 bridgehead atoms. The van der Waals surface area contributed by atoms with E-state index in [1.165, 1.54) is 7.11 Å². The molecule has 1 aromatic rings. The maximum absolute atomic E-state index is 13.1. The zero-order chi connectivity index (χ0) is 10.7. The van der Waals surface area contributed by atoms with E-state index in [-0.39, 0.29) is 17.9 Å². The van der Waals surface area contributed by atoms with Crippen LogP contribution in [0.3, 0.4) is 0 Å². The van der Waals surface area contributed by atoms with Crippen LogP contribution in [0.25, 0.3) is 0 Å². The van der Waals surface area contributed by atoms with Crippen molar-refractivity contribution in [1.29, 1.82) is 0 Å². The first-order valence-corrected chi connectivity index (χ1v) is 4.08. The van der Waals surface area contributed by atoms with Gasteiger partial charge in [-0.2, -0.15) is 0 Å². The van der Waals surface area contributed by atoms with Crippen LogP contribution in [-0.2, 0) is 0 Å². The summed E-state index contributed by atoms with van der Waals surface area (Å²) in [7, 11) is 1.29. The molecule has 1 rings (SSSR count). The number of benzene rings is 1. The fraction of sp³-hybridized carbons (Fsp3) is 0.333. The Bertz CT molecular complexity index is 331. The molecule has 4 N–H and O–H groups in total.